The molecule has 1 amide bonds. The van der Waals surface area contributed by atoms with Crippen LogP contribution in [0.3, 0.4) is 0 Å². The van der Waals surface area contributed by atoms with Crippen molar-refractivity contribution in [1.82, 2.24) is 10.2 Å². The van der Waals surface area contributed by atoms with Crippen molar-refractivity contribution in [3.8, 4) is 5.75 Å². The zero-order chi connectivity index (χ0) is 14.5. The number of halogens is 2. The first-order valence-corrected chi connectivity index (χ1v) is 7.27. The van der Waals surface area contributed by atoms with Crippen LogP contribution in [-0.2, 0) is 11.3 Å². The molecule has 1 saturated heterocycles. The van der Waals surface area contributed by atoms with Crippen LogP contribution in [0.5, 0.6) is 5.75 Å². The van der Waals surface area contributed by atoms with Crippen molar-refractivity contribution < 1.29 is 9.53 Å². The molecule has 1 aliphatic rings. The SMILES string of the molecule is COc1ccc(Cl)cc1CN(C)C(=O)C1CCNCC1.Cl. The first kappa shape index (κ1) is 18.1. The van der Waals surface area contributed by atoms with Gasteiger partial charge in [0.2, 0.25) is 5.91 Å². The van der Waals surface area contributed by atoms with E-state index in [4.69, 9.17) is 16.3 Å². The first-order valence-electron chi connectivity index (χ1n) is 6.90. The van der Waals surface area contributed by atoms with Crippen molar-refractivity contribution in [1.29, 1.82) is 0 Å². The van der Waals surface area contributed by atoms with Crippen LogP contribution in [0, 0.1) is 5.92 Å². The molecule has 0 aromatic heterocycles. The van der Waals surface area contributed by atoms with Crippen LogP contribution >= 0.6 is 24.0 Å². The Morgan fingerprint density at radius 1 is 1.43 bits per heavy atom. The van der Waals surface area contributed by atoms with E-state index in [1.54, 1.807) is 18.1 Å². The van der Waals surface area contributed by atoms with Crippen molar-refractivity contribution in [3.05, 3.63) is 28.8 Å². The highest BCUT2D eigenvalue weighted by Crippen LogP contribution is 2.25. The smallest absolute Gasteiger partial charge is 0.225 e. The maximum absolute atomic E-state index is 12.4. The normalized spacial score (nSPS) is 15.2. The summed E-state index contributed by atoms with van der Waals surface area (Å²) in [5.41, 5.74) is 0.935. The summed E-state index contributed by atoms with van der Waals surface area (Å²) in [6.45, 7) is 2.36. The highest BCUT2D eigenvalue weighted by atomic mass is 35.5. The van der Waals surface area contributed by atoms with Crippen molar-refractivity contribution in [2.75, 3.05) is 27.2 Å². The number of nitrogens with one attached hydrogen (secondary N) is 1. The zero-order valence-corrected chi connectivity index (χ0v) is 14.0. The molecule has 2 rings (SSSR count). The summed E-state index contributed by atoms with van der Waals surface area (Å²) in [7, 11) is 3.46. The molecule has 0 unspecified atom stereocenters. The summed E-state index contributed by atoms with van der Waals surface area (Å²) >= 11 is 6.02. The van der Waals surface area contributed by atoms with E-state index in [2.05, 4.69) is 5.32 Å². The lowest BCUT2D eigenvalue weighted by atomic mass is 9.96. The Balaban J connectivity index is 0.00000220. The van der Waals surface area contributed by atoms with Gasteiger partial charge in [-0.3, -0.25) is 4.79 Å². The third-order valence-electron chi connectivity index (χ3n) is 3.71. The summed E-state index contributed by atoms with van der Waals surface area (Å²) in [6.07, 6.45) is 1.83. The van der Waals surface area contributed by atoms with Gasteiger partial charge >= 0.3 is 0 Å². The Labute approximate surface area is 137 Å². The predicted molar refractivity (Wildman–Crippen MR) is 87.3 cm³/mol. The second kappa shape index (κ2) is 8.47. The molecule has 0 saturated carbocycles. The molecule has 1 aromatic rings. The minimum atomic E-state index is 0. The van der Waals surface area contributed by atoms with Crippen molar-refractivity contribution in [2.24, 2.45) is 5.92 Å². The molecule has 1 N–H and O–H groups in total. The molecule has 21 heavy (non-hydrogen) atoms. The third-order valence-corrected chi connectivity index (χ3v) is 3.95. The Bertz CT molecular complexity index is 477. The average Bonchev–Trinajstić information content (AvgIpc) is 2.47. The van der Waals surface area contributed by atoms with Gasteiger partial charge in [-0.15, -0.1) is 12.4 Å². The second-order valence-corrected chi connectivity index (χ2v) is 5.61. The summed E-state index contributed by atoms with van der Waals surface area (Å²) in [6, 6.07) is 5.48. The van der Waals surface area contributed by atoms with E-state index >= 15 is 0 Å². The number of piperidine rings is 1. The molecular weight excluding hydrogens is 311 g/mol. The van der Waals surface area contributed by atoms with Gasteiger partial charge in [0.1, 0.15) is 5.75 Å². The van der Waals surface area contributed by atoms with E-state index in [1.165, 1.54) is 0 Å². The lowest BCUT2D eigenvalue weighted by molar-refractivity contribution is -0.135. The number of carbonyl (C=O) groups is 1. The van der Waals surface area contributed by atoms with Gasteiger partial charge in [-0.25, -0.2) is 0 Å². The largest absolute Gasteiger partial charge is 0.496 e. The van der Waals surface area contributed by atoms with Gasteiger partial charge in [0, 0.05) is 30.1 Å². The molecule has 1 fully saturated rings. The van der Waals surface area contributed by atoms with Gasteiger partial charge in [-0.1, -0.05) is 11.6 Å². The number of amides is 1. The fourth-order valence-corrected chi connectivity index (χ4v) is 2.78. The molecule has 0 atom stereocenters. The molecule has 1 aliphatic heterocycles. The number of rotatable bonds is 4. The third kappa shape index (κ3) is 4.77. The van der Waals surface area contributed by atoms with Gasteiger partial charge in [0.15, 0.2) is 0 Å². The molecule has 0 aliphatic carbocycles. The van der Waals surface area contributed by atoms with Gasteiger partial charge < -0.3 is 15.0 Å². The first-order chi connectivity index (χ1) is 9.61. The molecule has 0 bridgehead atoms. The lowest BCUT2D eigenvalue weighted by Gasteiger charge is -2.27. The van der Waals surface area contributed by atoms with Gasteiger partial charge in [0.05, 0.1) is 7.11 Å². The standard InChI is InChI=1S/C15H21ClN2O2.ClH/c1-18(15(19)11-5-7-17-8-6-11)10-12-9-13(16)3-4-14(12)20-2;/h3-4,9,11,17H,5-8,10H2,1-2H3;1H. The Morgan fingerprint density at radius 3 is 2.71 bits per heavy atom. The van der Waals surface area contributed by atoms with Gasteiger partial charge in [-0.2, -0.15) is 0 Å². The molecule has 1 heterocycles. The number of methoxy groups -OCH3 is 1. The molecule has 1 aromatic carbocycles. The van der Waals surface area contributed by atoms with E-state index in [0.29, 0.717) is 11.6 Å². The number of carbonyl (C=O) groups excluding carboxylic acids is 1. The van der Waals surface area contributed by atoms with Crippen LogP contribution in [0.15, 0.2) is 18.2 Å². The molecule has 118 valence electrons. The maximum atomic E-state index is 12.4. The van der Waals surface area contributed by atoms with Crippen LogP contribution in [-0.4, -0.2) is 38.1 Å². The second-order valence-electron chi connectivity index (χ2n) is 5.17. The van der Waals surface area contributed by atoms with E-state index in [0.717, 1.165) is 37.2 Å². The van der Waals surface area contributed by atoms with Gasteiger partial charge in [-0.05, 0) is 44.1 Å². The highest BCUT2D eigenvalue weighted by molar-refractivity contribution is 6.30. The highest BCUT2D eigenvalue weighted by Gasteiger charge is 2.24. The number of nitrogens with zero attached hydrogens (tertiary/aromatic N) is 1. The fourth-order valence-electron chi connectivity index (χ4n) is 2.58. The average molecular weight is 333 g/mol. The van der Waals surface area contributed by atoms with Crippen molar-refractivity contribution in [2.45, 2.75) is 19.4 Å². The topological polar surface area (TPSA) is 41.6 Å². The van der Waals surface area contributed by atoms with Crippen LogP contribution < -0.4 is 10.1 Å². The Morgan fingerprint density at radius 2 is 2.10 bits per heavy atom. The van der Waals surface area contributed by atoms with Crippen LogP contribution in [0.25, 0.3) is 0 Å². The van der Waals surface area contributed by atoms with Gasteiger partial charge in [0.25, 0.3) is 0 Å². The zero-order valence-electron chi connectivity index (χ0n) is 12.4. The van der Waals surface area contributed by atoms with Crippen molar-refractivity contribution >= 4 is 29.9 Å². The summed E-state index contributed by atoms with van der Waals surface area (Å²) < 4.78 is 5.32. The lowest BCUT2D eigenvalue weighted by Crippen LogP contribution is -2.38. The van der Waals surface area contributed by atoms with E-state index in [-0.39, 0.29) is 24.2 Å². The Kier molecular flexibility index (Phi) is 7.29. The maximum Gasteiger partial charge on any atom is 0.225 e. The number of hydrogen-bond acceptors (Lipinski definition) is 3. The summed E-state index contributed by atoms with van der Waals surface area (Å²) in [4.78, 5) is 14.2. The minimum absolute atomic E-state index is 0. The minimum Gasteiger partial charge on any atom is -0.496 e. The monoisotopic (exact) mass is 332 g/mol. The quantitative estimate of drug-likeness (QED) is 0.921. The number of benzene rings is 1. The van der Waals surface area contributed by atoms with Crippen LogP contribution in [0.2, 0.25) is 5.02 Å². The fraction of sp³-hybridized carbons (Fsp3) is 0.533. The number of ether oxygens (including phenoxy) is 1. The number of hydrogen-bond donors (Lipinski definition) is 1. The van der Waals surface area contributed by atoms with E-state index in [9.17, 15) is 4.79 Å². The van der Waals surface area contributed by atoms with Crippen LogP contribution in [0.4, 0.5) is 0 Å². The van der Waals surface area contributed by atoms with E-state index in [1.807, 2.05) is 19.2 Å². The molecule has 4 nitrogen and oxygen atoms in total. The molecule has 6 heteroatoms. The van der Waals surface area contributed by atoms with E-state index < -0.39 is 0 Å². The molecule has 0 radical (unpaired) electrons. The molecule has 0 spiro atoms. The van der Waals surface area contributed by atoms with Crippen molar-refractivity contribution in [3.63, 3.8) is 0 Å². The molecular formula is C15H22Cl2N2O2. The summed E-state index contributed by atoms with van der Waals surface area (Å²) in [5.74, 6) is 1.10. The predicted octanol–water partition coefficient (Wildman–Crippen LogP) is 2.73. The van der Waals surface area contributed by atoms with Crippen LogP contribution in [0.1, 0.15) is 18.4 Å². The Hall–Kier alpha value is -0.970. The summed E-state index contributed by atoms with van der Waals surface area (Å²) in [5, 5.41) is 3.93.